The number of rotatable bonds is 9. The largest absolute Gasteiger partial charge is 0.501 e. The smallest absolute Gasteiger partial charge is 0.374 e. The first-order valence-corrected chi connectivity index (χ1v) is 8.08. The Bertz CT molecular complexity index is 183. The predicted octanol–water partition coefficient (Wildman–Crippen LogP) is 3.39. The van der Waals surface area contributed by atoms with Crippen LogP contribution >= 0.6 is 0 Å². The van der Waals surface area contributed by atoms with Crippen LogP contribution in [0.2, 0.25) is 6.04 Å². The van der Waals surface area contributed by atoms with E-state index in [0.29, 0.717) is 19.8 Å². The van der Waals surface area contributed by atoms with Gasteiger partial charge in [0, 0.05) is 25.9 Å². The van der Waals surface area contributed by atoms with Crippen molar-refractivity contribution in [2.45, 2.75) is 47.1 Å². The first-order chi connectivity index (χ1) is 7.60. The number of allylic oxidation sites excluding steroid dienone is 2. The Morgan fingerprint density at radius 3 is 1.69 bits per heavy atom. The van der Waals surface area contributed by atoms with Crippen LogP contribution in [0.3, 0.4) is 0 Å². The molecule has 0 aromatic carbocycles. The highest BCUT2D eigenvalue weighted by Crippen LogP contribution is 2.18. The molecular weight excluding hydrogens is 220 g/mol. The van der Waals surface area contributed by atoms with Crippen molar-refractivity contribution in [3.63, 3.8) is 0 Å². The van der Waals surface area contributed by atoms with Gasteiger partial charge in [-0.25, -0.2) is 0 Å². The zero-order valence-electron chi connectivity index (χ0n) is 11.3. The van der Waals surface area contributed by atoms with Gasteiger partial charge in [-0.2, -0.15) is 0 Å². The molecule has 0 fully saturated rings. The van der Waals surface area contributed by atoms with Crippen molar-refractivity contribution in [1.29, 1.82) is 0 Å². The molecule has 0 aromatic rings. The molecule has 0 aromatic heterocycles. The summed E-state index contributed by atoms with van der Waals surface area (Å²) in [5.74, 6) is 0. The van der Waals surface area contributed by atoms with Gasteiger partial charge in [0.25, 0.3) is 0 Å². The minimum atomic E-state index is -2.41. The maximum atomic E-state index is 5.76. The van der Waals surface area contributed by atoms with E-state index in [1.165, 1.54) is 5.57 Å². The Labute approximate surface area is 101 Å². The Morgan fingerprint density at radius 2 is 1.38 bits per heavy atom. The monoisotopic (exact) mass is 246 g/mol. The van der Waals surface area contributed by atoms with Crippen LogP contribution in [0.15, 0.2) is 11.6 Å². The molecule has 96 valence electrons. The number of hydrogen-bond acceptors (Lipinski definition) is 3. The minimum Gasteiger partial charge on any atom is -0.374 e. The molecule has 0 rings (SSSR count). The average Bonchev–Trinajstić information content (AvgIpc) is 2.18. The zero-order valence-corrected chi connectivity index (χ0v) is 12.3. The fraction of sp³-hybridized carbons (Fsp3) is 0.833. The van der Waals surface area contributed by atoms with Gasteiger partial charge in [-0.1, -0.05) is 11.6 Å². The molecule has 3 nitrogen and oxygen atoms in total. The highest BCUT2D eigenvalue weighted by Gasteiger charge is 2.39. The summed E-state index contributed by atoms with van der Waals surface area (Å²) in [5.41, 5.74) is 1.33. The van der Waals surface area contributed by atoms with Crippen LogP contribution in [-0.2, 0) is 13.3 Å². The maximum absolute atomic E-state index is 5.76. The third kappa shape index (κ3) is 6.43. The quantitative estimate of drug-likeness (QED) is 0.461. The van der Waals surface area contributed by atoms with E-state index in [1.54, 1.807) is 0 Å². The van der Waals surface area contributed by atoms with Gasteiger partial charge in [0.05, 0.1) is 0 Å². The van der Waals surface area contributed by atoms with Crippen molar-refractivity contribution in [1.82, 2.24) is 0 Å². The standard InChI is InChI=1S/C12H26O3Si/c1-6-13-16(14-7-2,15-8-3)11-9-10-12(4)5/h10H,6-9,11H2,1-5H3. The van der Waals surface area contributed by atoms with E-state index >= 15 is 0 Å². The average molecular weight is 246 g/mol. The van der Waals surface area contributed by atoms with Crippen LogP contribution in [0.4, 0.5) is 0 Å². The molecule has 0 aliphatic carbocycles. The second kappa shape index (κ2) is 8.93. The minimum absolute atomic E-state index is 0.654. The Kier molecular flexibility index (Phi) is 8.84. The van der Waals surface area contributed by atoms with Crippen molar-refractivity contribution in [3.05, 3.63) is 11.6 Å². The fourth-order valence-corrected chi connectivity index (χ4v) is 4.04. The molecule has 0 unspecified atom stereocenters. The van der Waals surface area contributed by atoms with Gasteiger partial charge in [-0.05, 0) is 41.0 Å². The molecule has 0 bridgehead atoms. The van der Waals surface area contributed by atoms with E-state index in [-0.39, 0.29) is 0 Å². The van der Waals surface area contributed by atoms with Gasteiger partial charge in [0.2, 0.25) is 0 Å². The van der Waals surface area contributed by atoms with Crippen LogP contribution < -0.4 is 0 Å². The van der Waals surface area contributed by atoms with Gasteiger partial charge >= 0.3 is 8.80 Å². The summed E-state index contributed by atoms with van der Waals surface area (Å²) in [6, 6.07) is 0.869. The summed E-state index contributed by atoms with van der Waals surface area (Å²) in [7, 11) is -2.41. The van der Waals surface area contributed by atoms with E-state index in [0.717, 1.165) is 12.5 Å². The summed E-state index contributed by atoms with van der Waals surface area (Å²) >= 11 is 0. The lowest BCUT2D eigenvalue weighted by molar-refractivity contribution is 0.0716. The highest BCUT2D eigenvalue weighted by atomic mass is 28.4. The van der Waals surface area contributed by atoms with Crippen LogP contribution in [0.5, 0.6) is 0 Å². The molecule has 0 saturated carbocycles. The maximum Gasteiger partial charge on any atom is 0.501 e. The molecule has 0 atom stereocenters. The molecule has 0 amide bonds. The first-order valence-electron chi connectivity index (χ1n) is 6.15. The summed E-state index contributed by atoms with van der Waals surface area (Å²) in [6.45, 7) is 12.1. The van der Waals surface area contributed by atoms with Crippen LogP contribution in [0.1, 0.15) is 41.0 Å². The third-order valence-electron chi connectivity index (χ3n) is 2.10. The lowest BCUT2D eigenvalue weighted by Crippen LogP contribution is -2.45. The second-order valence-corrected chi connectivity index (χ2v) is 6.53. The van der Waals surface area contributed by atoms with E-state index in [1.807, 2.05) is 20.8 Å². The zero-order chi connectivity index (χ0) is 12.4. The second-order valence-electron chi connectivity index (χ2n) is 3.80. The fourth-order valence-electron chi connectivity index (χ4n) is 1.54. The van der Waals surface area contributed by atoms with Gasteiger partial charge in [-0.15, -0.1) is 0 Å². The summed E-state index contributed by atoms with van der Waals surface area (Å²) in [4.78, 5) is 0. The van der Waals surface area contributed by atoms with Gasteiger partial charge in [-0.3, -0.25) is 0 Å². The van der Waals surface area contributed by atoms with E-state index in [4.69, 9.17) is 13.3 Å². The van der Waals surface area contributed by atoms with Crippen LogP contribution in [-0.4, -0.2) is 28.6 Å². The molecule has 0 N–H and O–H groups in total. The lowest BCUT2D eigenvalue weighted by Gasteiger charge is -2.28. The van der Waals surface area contributed by atoms with Crippen LogP contribution in [0, 0.1) is 0 Å². The van der Waals surface area contributed by atoms with Gasteiger partial charge in [0.1, 0.15) is 0 Å². The lowest BCUT2D eigenvalue weighted by atomic mass is 10.3. The molecule has 0 aliphatic heterocycles. The topological polar surface area (TPSA) is 27.7 Å². The van der Waals surface area contributed by atoms with Crippen LogP contribution in [0.25, 0.3) is 0 Å². The van der Waals surface area contributed by atoms with Crippen molar-refractivity contribution in [3.8, 4) is 0 Å². The molecular formula is C12H26O3Si. The van der Waals surface area contributed by atoms with Gasteiger partial charge < -0.3 is 13.3 Å². The van der Waals surface area contributed by atoms with Crippen molar-refractivity contribution >= 4 is 8.80 Å². The molecule has 0 saturated heterocycles. The molecule has 4 heteroatoms. The van der Waals surface area contributed by atoms with Crippen molar-refractivity contribution in [2.75, 3.05) is 19.8 Å². The highest BCUT2D eigenvalue weighted by molar-refractivity contribution is 6.60. The SMILES string of the molecule is CCO[Si](CCC=C(C)C)(OCC)OCC. The Balaban J connectivity index is 4.40. The summed E-state index contributed by atoms with van der Waals surface area (Å²) < 4.78 is 17.3. The molecule has 0 radical (unpaired) electrons. The van der Waals surface area contributed by atoms with E-state index < -0.39 is 8.80 Å². The normalized spacial score (nSPS) is 11.6. The molecule has 0 heterocycles. The molecule has 0 aliphatic rings. The predicted molar refractivity (Wildman–Crippen MR) is 69.5 cm³/mol. The first kappa shape index (κ1) is 15.8. The van der Waals surface area contributed by atoms with E-state index in [9.17, 15) is 0 Å². The molecule has 16 heavy (non-hydrogen) atoms. The number of hydrogen-bond donors (Lipinski definition) is 0. The molecule has 0 spiro atoms. The Hall–Kier alpha value is -0.163. The van der Waals surface area contributed by atoms with Crippen molar-refractivity contribution in [2.24, 2.45) is 0 Å². The third-order valence-corrected chi connectivity index (χ3v) is 5.18. The van der Waals surface area contributed by atoms with E-state index in [2.05, 4.69) is 19.9 Å². The summed E-state index contributed by atoms with van der Waals surface area (Å²) in [5, 5.41) is 0. The summed E-state index contributed by atoms with van der Waals surface area (Å²) in [6.07, 6.45) is 3.17. The Morgan fingerprint density at radius 1 is 0.938 bits per heavy atom. The van der Waals surface area contributed by atoms with Crippen molar-refractivity contribution < 1.29 is 13.3 Å². The van der Waals surface area contributed by atoms with Gasteiger partial charge in [0.15, 0.2) is 0 Å².